The predicted molar refractivity (Wildman–Crippen MR) is 52.1 cm³/mol. The number of nitrogens with zero attached hydrogens (tertiary/aromatic N) is 1. The molecule has 1 rings (SSSR count). The van der Waals surface area contributed by atoms with Crippen LogP contribution in [0.25, 0.3) is 0 Å². The Labute approximate surface area is 83.4 Å². The third-order valence-electron chi connectivity index (χ3n) is 2.77. The maximum Gasteiger partial charge on any atom is 0.239 e. The first kappa shape index (κ1) is 11.0. The van der Waals surface area contributed by atoms with Gasteiger partial charge in [0.2, 0.25) is 11.8 Å². The van der Waals surface area contributed by atoms with Gasteiger partial charge in [-0.15, -0.1) is 0 Å². The first-order valence-corrected chi connectivity index (χ1v) is 4.71. The SMILES string of the molecule is CC(N)C(=O)N1CCC(C)(C(N)=O)C1. The summed E-state index contributed by atoms with van der Waals surface area (Å²) < 4.78 is 0. The van der Waals surface area contributed by atoms with E-state index in [-0.39, 0.29) is 11.8 Å². The van der Waals surface area contributed by atoms with Crippen LogP contribution in [0.3, 0.4) is 0 Å². The van der Waals surface area contributed by atoms with Crippen molar-refractivity contribution in [1.82, 2.24) is 4.90 Å². The van der Waals surface area contributed by atoms with Gasteiger partial charge in [0.15, 0.2) is 0 Å². The summed E-state index contributed by atoms with van der Waals surface area (Å²) in [5, 5.41) is 0. The van der Waals surface area contributed by atoms with Gasteiger partial charge in [0, 0.05) is 13.1 Å². The molecule has 2 amide bonds. The van der Waals surface area contributed by atoms with Crippen molar-refractivity contribution >= 4 is 11.8 Å². The van der Waals surface area contributed by atoms with Gasteiger partial charge in [-0.05, 0) is 20.3 Å². The lowest BCUT2D eigenvalue weighted by molar-refractivity contribution is -0.132. The lowest BCUT2D eigenvalue weighted by atomic mass is 9.89. The van der Waals surface area contributed by atoms with Crippen LogP contribution in [0.1, 0.15) is 20.3 Å². The van der Waals surface area contributed by atoms with E-state index in [0.29, 0.717) is 19.5 Å². The Balaban J connectivity index is 2.66. The molecule has 4 N–H and O–H groups in total. The van der Waals surface area contributed by atoms with Crippen LogP contribution in [-0.4, -0.2) is 35.8 Å². The van der Waals surface area contributed by atoms with Crippen LogP contribution in [0.15, 0.2) is 0 Å². The summed E-state index contributed by atoms with van der Waals surface area (Å²) >= 11 is 0. The molecule has 0 spiro atoms. The largest absolute Gasteiger partial charge is 0.369 e. The van der Waals surface area contributed by atoms with Crippen LogP contribution in [0.2, 0.25) is 0 Å². The molecule has 0 aromatic rings. The Hall–Kier alpha value is -1.10. The fourth-order valence-corrected chi connectivity index (χ4v) is 1.64. The van der Waals surface area contributed by atoms with E-state index in [0.717, 1.165) is 0 Å². The van der Waals surface area contributed by atoms with Gasteiger partial charge in [-0.1, -0.05) is 0 Å². The first-order chi connectivity index (χ1) is 6.37. The number of nitrogens with two attached hydrogens (primary N) is 2. The van der Waals surface area contributed by atoms with Crippen molar-refractivity contribution in [3.63, 3.8) is 0 Å². The molecule has 1 heterocycles. The number of likely N-dealkylation sites (tertiary alicyclic amines) is 1. The number of carbonyl (C=O) groups is 2. The second-order valence-electron chi connectivity index (χ2n) is 4.22. The number of rotatable bonds is 2. The van der Waals surface area contributed by atoms with Gasteiger partial charge in [0.05, 0.1) is 11.5 Å². The Morgan fingerprint density at radius 3 is 2.43 bits per heavy atom. The van der Waals surface area contributed by atoms with Crippen molar-refractivity contribution in [3.05, 3.63) is 0 Å². The van der Waals surface area contributed by atoms with Crippen LogP contribution < -0.4 is 11.5 Å². The summed E-state index contributed by atoms with van der Waals surface area (Å²) in [7, 11) is 0. The van der Waals surface area contributed by atoms with Crippen molar-refractivity contribution in [1.29, 1.82) is 0 Å². The molecule has 0 aromatic carbocycles. The summed E-state index contributed by atoms with van der Waals surface area (Å²) in [4.78, 5) is 24.2. The molecule has 0 aliphatic carbocycles. The molecule has 2 atom stereocenters. The Morgan fingerprint density at radius 2 is 2.07 bits per heavy atom. The molecule has 5 heteroatoms. The van der Waals surface area contributed by atoms with E-state index in [4.69, 9.17) is 11.5 Å². The predicted octanol–water partition coefficient (Wildman–Crippen LogP) is -0.942. The summed E-state index contributed by atoms with van der Waals surface area (Å²) in [6, 6.07) is -0.509. The zero-order valence-electron chi connectivity index (χ0n) is 8.62. The monoisotopic (exact) mass is 199 g/mol. The minimum atomic E-state index is -0.579. The molecular weight excluding hydrogens is 182 g/mol. The number of carbonyl (C=O) groups excluding carboxylic acids is 2. The lowest BCUT2D eigenvalue weighted by Crippen LogP contribution is -2.43. The number of hydrogen-bond acceptors (Lipinski definition) is 3. The number of amides is 2. The molecule has 0 bridgehead atoms. The molecular formula is C9H17N3O2. The third kappa shape index (κ3) is 1.87. The Morgan fingerprint density at radius 1 is 1.50 bits per heavy atom. The second-order valence-corrected chi connectivity index (χ2v) is 4.22. The minimum Gasteiger partial charge on any atom is -0.369 e. The molecule has 14 heavy (non-hydrogen) atoms. The van der Waals surface area contributed by atoms with Gasteiger partial charge >= 0.3 is 0 Å². The molecule has 0 radical (unpaired) electrons. The molecule has 5 nitrogen and oxygen atoms in total. The van der Waals surface area contributed by atoms with E-state index in [1.54, 1.807) is 18.7 Å². The van der Waals surface area contributed by atoms with Crippen LogP contribution >= 0.6 is 0 Å². The van der Waals surface area contributed by atoms with Gasteiger partial charge < -0.3 is 16.4 Å². The highest BCUT2D eigenvalue weighted by molar-refractivity contribution is 5.85. The smallest absolute Gasteiger partial charge is 0.239 e. The van der Waals surface area contributed by atoms with Gasteiger partial charge in [0.1, 0.15) is 0 Å². The van der Waals surface area contributed by atoms with Gasteiger partial charge in [-0.3, -0.25) is 9.59 Å². The Kier molecular flexibility index (Phi) is 2.80. The second kappa shape index (κ2) is 3.57. The molecule has 1 aliphatic heterocycles. The highest BCUT2D eigenvalue weighted by atomic mass is 16.2. The average Bonchev–Trinajstić information content (AvgIpc) is 2.48. The van der Waals surface area contributed by atoms with Gasteiger partial charge in [0.25, 0.3) is 0 Å². The van der Waals surface area contributed by atoms with E-state index < -0.39 is 11.5 Å². The van der Waals surface area contributed by atoms with Crippen molar-refractivity contribution < 1.29 is 9.59 Å². The highest BCUT2D eigenvalue weighted by Gasteiger charge is 2.40. The highest BCUT2D eigenvalue weighted by Crippen LogP contribution is 2.29. The molecule has 1 saturated heterocycles. The van der Waals surface area contributed by atoms with E-state index in [2.05, 4.69) is 0 Å². The normalized spacial score (nSPS) is 28.9. The molecule has 1 fully saturated rings. The van der Waals surface area contributed by atoms with Crippen LogP contribution in [0.4, 0.5) is 0 Å². The quantitative estimate of drug-likeness (QED) is 0.601. The maximum atomic E-state index is 11.5. The van der Waals surface area contributed by atoms with Gasteiger partial charge in [-0.2, -0.15) is 0 Å². The molecule has 2 unspecified atom stereocenters. The molecule has 0 saturated carbocycles. The van der Waals surface area contributed by atoms with E-state index >= 15 is 0 Å². The fourth-order valence-electron chi connectivity index (χ4n) is 1.64. The number of hydrogen-bond donors (Lipinski definition) is 2. The topological polar surface area (TPSA) is 89.4 Å². The average molecular weight is 199 g/mol. The van der Waals surface area contributed by atoms with Gasteiger partial charge in [-0.25, -0.2) is 0 Å². The Bertz CT molecular complexity index is 265. The van der Waals surface area contributed by atoms with Crippen LogP contribution in [-0.2, 0) is 9.59 Å². The zero-order valence-corrected chi connectivity index (χ0v) is 8.62. The van der Waals surface area contributed by atoms with E-state index in [1.807, 2.05) is 0 Å². The standard InChI is InChI=1S/C9H17N3O2/c1-6(10)7(13)12-4-3-9(2,5-12)8(11)14/h6H,3-5,10H2,1-2H3,(H2,11,14). The maximum absolute atomic E-state index is 11.5. The fraction of sp³-hybridized carbons (Fsp3) is 0.778. The summed E-state index contributed by atoms with van der Waals surface area (Å²) in [5.74, 6) is -0.465. The molecule has 80 valence electrons. The van der Waals surface area contributed by atoms with Crippen molar-refractivity contribution in [2.75, 3.05) is 13.1 Å². The first-order valence-electron chi connectivity index (χ1n) is 4.71. The summed E-state index contributed by atoms with van der Waals surface area (Å²) in [6.45, 7) is 4.38. The van der Waals surface area contributed by atoms with E-state index in [1.165, 1.54) is 0 Å². The molecule has 0 aromatic heterocycles. The molecule has 1 aliphatic rings. The van der Waals surface area contributed by atoms with Crippen LogP contribution in [0, 0.1) is 5.41 Å². The van der Waals surface area contributed by atoms with Crippen molar-refractivity contribution in [2.24, 2.45) is 16.9 Å². The van der Waals surface area contributed by atoms with E-state index in [9.17, 15) is 9.59 Å². The van der Waals surface area contributed by atoms with Crippen LogP contribution in [0.5, 0.6) is 0 Å². The van der Waals surface area contributed by atoms with Crippen molar-refractivity contribution in [2.45, 2.75) is 26.3 Å². The summed E-state index contributed by atoms with van der Waals surface area (Å²) in [6.07, 6.45) is 0.626. The third-order valence-corrected chi connectivity index (χ3v) is 2.77. The lowest BCUT2D eigenvalue weighted by Gasteiger charge is -2.22. The minimum absolute atomic E-state index is 0.116. The van der Waals surface area contributed by atoms with Crippen molar-refractivity contribution in [3.8, 4) is 0 Å². The summed E-state index contributed by atoms with van der Waals surface area (Å²) in [5.41, 5.74) is 10.2. The zero-order chi connectivity index (χ0) is 10.9. The number of primary amides is 1.